The Labute approximate surface area is 193 Å². The molecular weight excluding hydrogens is 416 g/mol. The summed E-state index contributed by atoms with van der Waals surface area (Å²) in [4.78, 5) is 30.5. The van der Waals surface area contributed by atoms with Gasteiger partial charge in [0.1, 0.15) is 17.2 Å². The van der Waals surface area contributed by atoms with Gasteiger partial charge in [-0.05, 0) is 42.3 Å². The molecule has 168 valence electrons. The minimum Gasteiger partial charge on any atom is -0.497 e. The smallest absolute Gasteiger partial charge is 0.282 e. The molecule has 0 bridgehead atoms. The Morgan fingerprint density at radius 1 is 0.848 bits per heavy atom. The normalized spacial score (nSPS) is 13.5. The summed E-state index contributed by atoms with van der Waals surface area (Å²) in [5, 5.41) is 0. The molecule has 0 fully saturated rings. The highest BCUT2D eigenvalue weighted by molar-refractivity contribution is 6.45. The van der Waals surface area contributed by atoms with Crippen LogP contribution in [0.3, 0.4) is 0 Å². The SMILES string of the molecule is CCOc1ccccc1N1C(=O)C(c2ccc(OC)cc2)=C(N(C)Cc2ccccc2)C1=O. The van der Waals surface area contributed by atoms with Gasteiger partial charge in [-0.3, -0.25) is 9.59 Å². The van der Waals surface area contributed by atoms with Crippen molar-refractivity contribution >= 4 is 23.1 Å². The van der Waals surface area contributed by atoms with E-state index in [-0.39, 0.29) is 11.8 Å². The van der Waals surface area contributed by atoms with Gasteiger partial charge in [0.05, 0.1) is 25.0 Å². The molecular formula is C27H26N2O4. The highest BCUT2D eigenvalue weighted by atomic mass is 16.5. The van der Waals surface area contributed by atoms with E-state index in [2.05, 4.69) is 0 Å². The summed E-state index contributed by atoms with van der Waals surface area (Å²) in [7, 11) is 3.42. The van der Waals surface area contributed by atoms with Crippen molar-refractivity contribution in [1.82, 2.24) is 4.90 Å². The van der Waals surface area contributed by atoms with Crippen LogP contribution in [0, 0.1) is 0 Å². The van der Waals surface area contributed by atoms with Gasteiger partial charge in [0, 0.05) is 13.6 Å². The highest BCUT2D eigenvalue weighted by Gasteiger charge is 2.42. The van der Waals surface area contributed by atoms with Crippen LogP contribution >= 0.6 is 0 Å². The molecule has 1 aliphatic heterocycles. The maximum absolute atomic E-state index is 13.7. The number of hydrogen-bond donors (Lipinski definition) is 0. The first-order chi connectivity index (χ1) is 16.0. The van der Waals surface area contributed by atoms with Crippen LogP contribution in [-0.2, 0) is 16.1 Å². The molecule has 0 spiro atoms. The van der Waals surface area contributed by atoms with Crippen LogP contribution in [0.15, 0.2) is 84.6 Å². The van der Waals surface area contributed by atoms with E-state index in [0.29, 0.717) is 47.2 Å². The zero-order valence-corrected chi connectivity index (χ0v) is 18.9. The Hall–Kier alpha value is -4.06. The van der Waals surface area contributed by atoms with Crippen LogP contribution in [0.1, 0.15) is 18.1 Å². The molecule has 1 aliphatic rings. The zero-order valence-electron chi connectivity index (χ0n) is 18.9. The maximum atomic E-state index is 13.7. The first kappa shape index (κ1) is 22.1. The summed E-state index contributed by atoms with van der Waals surface area (Å²) in [6.07, 6.45) is 0. The minimum absolute atomic E-state index is 0.348. The molecule has 2 amide bonds. The standard InChI is InChI=1S/C27H26N2O4/c1-4-33-23-13-9-8-12-22(23)29-26(30)24(20-14-16-21(32-3)17-15-20)25(27(29)31)28(2)18-19-10-6-5-7-11-19/h5-17H,4,18H2,1-3H3. The van der Waals surface area contributed by atoms with Gasteiger partial charge in [-0.15, -0.1) is 0 Å². The Morgan fingerprint density at radius 3 is 2.18 bits per heavy atom. The van der Waals surface area contributed by atoms with Crippen LogP contribution in [0.25, 0.3) is 5.57 Å². The van der Waals surface area contributed by atoms with Crippen LogP contribution in [0.5, 0.6) is 11.5 Å². The van der Waals surface area contributed by atoms with E-state index in [1.54, 1.807) is 49.6 Å². The van der Waals surface area contributed by atoms with Crippen molar-refractivity contribution in [2.75, 3.05) is 25.7 Å². The Kier molecular flexibility index (Phi) is 6.45. The molecule has 0 radical (unpaired) electrons. The van der Waals surface area contributed by atoms with Gasteiger partial charge in [-0.1, -0.05) is 54.6 Å². The van der Waals surface area contributed by atoms with Crippen LogP contribution in [-0.4, -0.2) is 37.5 Å². The Bertz CT molecular complexity index is 1190. The largest absolute Gasteiger partial charge is 0.497 e. The molecule has 0 saturated heterocycles. The molecule has 33 heavy (non-hydrogen) atoms. The van der Waals surface area contributed by atoms with Crippen molar-refractivity contribution < 1.29 is 19.1 Å². The van der Waals surface area contributed by atoms with Crippen molar-refractivity contribution in [2.45, 2.75) is 13.5 Å². The van der Waals surface area contributed by atoms with E-state index in [1.807, 2.05) is 55.3 Å². The average molecular weight is 443 g/mol. The Morgan fingerprint density at radius 2 is 1.52 bits per heavy atom. The zero-order chi connectivity index (χ0) is 23.4. The molecule has 0 aliphatic carbocycles. The molecule has 0 atom stereocenters. The summed E-state index contributed by atoms with van der Waals surface area (Å²) >= 11 is 0. The monoisotopic (exact) mass is 442 g/mol. The van der Waals surface area contributed by atoms with Crippen molar-refractivity contribution in [3.63, 3.8) is 0 Å². The highest BCUT2D eigenvalue weighted by Crippen LogP contribution is 2.39. The maximum Gasteiger partial charge on any atom is 0.282 e. The quantitative estimate of drug-likeness (QED) is 0.481. The molecule has 0 saturated carbocycles. The fraction of sp³-hybridized carbons (Fsp3) is 0.185. The van der Waals surface area contributed by atoms with Crippen LogP contribution < -0.4 is 14.4 Å². The summed E-state index contributed by atoms with van der Waals surface area (Å²) in [6.45, 7) is 2.77. The number of rotatable bonds is 8. The van der Waals surface area contributed by atoms with E-state index in [0.717, 1.165) is 5.56 Å². The van der Waals surface area contributed by atoms with Gasteiger partial charge in [0.25, 0.3) is 11.8 Å². The summed E-state index contributed by atoms with van der Waals surface area (Å²) in [5.41, 5.74) is 2.83. The number of ether oxygens (including phenoxy) is 2. The number of carbonyl (C=O) groups is 2. The Balaban J connectivity index is 1.81. The fourth-order valence-corrected chi connectivity index (χ4v) is 3.96. The van der Waals surface area contributed by atoms with E-state index >= 15 is 0 Å². The first-order valence-corrected chi connectivity index (χ1v) is 10.8. The van der Waals surface area contributed by atoms with Gasteiger partial charge in [0.15, 0.2) is 0 Å². The third kappa shape index (κ3) is 4.32. The van der Waals surface area contributed by atoms with E-state index < -0.39 is 0 Å². The molecule has 6 heteroatoms. The molecule has 0 aromatic heterocycles. The van der Waals surface area contributed by atoms with Gasteiger partial charge in [0.2, 0.25) is 0 Å². The van der Waals surface area contributed by atoms with Crippen LogP contribution in [0.4, 0.5) is 5.69 Å². The van der Waals surface area contributed by atoms with Gasteiger partial charge >= 0.3 is 0 Å². The number of nitrogens with zero attached hydrogens (tertiary/aromatic N) is 2. The van der Waals surface area contributed by atoms with Gasteiger partial charge < -0.3 is 14.4 Å². The van der Waals surface area contributed by atoms with E-state index in [1.165, 1.54) is 4.90 Å². The molecule has 4 rings (SSSR count). The third-order valence-corrected chi connectivity index (χ3v) is 5.49. The van der Waals surface area contributed by atoms with E-state index in [9.17, 15) is 9.59 Å². The lowest BCUT2D eigenvalue weighted by atomic mass is 10.0. The predicted molar refractivity (Wildman–Crippen MR) is 128 cm³/mol. The number of amides is 2. The number of carbonyl (C=O) groups excluding carboxylic acids is 2. The molecule has 0 unspecified atom stereocenters. The lowest BCUT2D eigenvalue weighted by Gasteiger charge is -2.22. The summed E-state index contributed by atoms with van der Waals surface area (Å²) < 4.78 is 11.0. The second-order valence-electron chi connectivity index (χ2n) is 7.64. The minimum atomic E-state index is -0.382. The van der Waals surface area contributed by atoms with Crippen molar-refractivity contribution in [2.24, 2.45) is 0 Å². The number of benzene rings is 3. The lowest BCUT2D eigenvalue weighted by Crippen LogP contribution is -2.34. The molecule has 3 aromatic carbocycles. The molecule has 6 nitrogen and oxygen atoms in total. The topological polar surface area (TPSA) is 59.1 Å². The van der Waals surface area contributed by atoms with Crippen molar-refractivity contribution in [1.29, 1.82) is 0 Å². The number of methoxy groups -OCH3 is 1. The van der Waals surface area contributed by atoms with Crippen molar-refractivity contribution in [3.8, 4) is 11.5 Å². The molecule has 3 aromatic rings. The van der Waals surface area contributed by atoms with Crippen molar-refractivity contribution in [3.05, 3.63) is 95.7 Å². The number of imide groups is 1. The predicted octanol–water partition coefficient (Wildman–Crippen LogP) is 4.51. The van der Waals surface area contributed by atoms with Gasteiger partial charge in [-0.25, -0.2) is 4.90 Å². The third-order valence-electron chi connectivity index (χ3n) is 5.49. The number of likely N-dealkylation sites (N-methyl/N-ethyl adjacent to an activating group) is 1. The number of hydrogen-bond acceptors (Lipinski definition) is 5. The van der Waals surface area contributed by atoms with E-state index in [4.69, 9.17) is 9.47 Å². The molecule has 0 N–H and O–H groups in total. The summed E-state index contributed by atoms with van der Waals surface area (Å²) in [5.74, 6) is 0.403. The second-order valence-corrected chi connectivity index (χ2v) is 7.64. The summed E-state index contributed by atoms with van der Waals surface area (Å²) in [6, 6.07) is 24.1. The number of para-hydroxylation sites is 2. The lowest BCUT2D eigenvalue weighted by molar-refractivity contribution is -0.120. The molecule has 1 heterocycles. The fourth-order valence-electron chi connectivity index (χ4n) is 3.96. The van der Waals surface area contributed by atoms with Crippen LogP contribution in [0.2, 0.25) is 0 Å². The average Bonchev–Trinajstić information content (AvgIpc) is 3.10. The second kappa shape index (κ2) is 9.61. The number of anilines is 1. The first-order valence-electron chi connectivity index (χ1n) is 10.8. The van der Waals surface area contributed by atoms with Gasteiger partial charge in [-0.2, -0.15) is 0 Å².